The van der Waals surface area contributed by atoms with E-state index in [4.69, 9.17) is 14.7 Å². The van der Waals surface area contributed by atoms with Crippen LogP contribution in [0.5, 0.6) is 11.5 Å². The lowest BCUT2D eigenvalue weighted by atomic mass is 9.64. The molecule has 1 aliphatic carbocycles. The van der Waals surface area contributed by atoms with E-state index in [2.05, 4.69) is 206 Å². The van der Waals surface area contributed by atoms with Crippen molar-refractivity contribution < 1.29 is 4.74 Å². The van der Waals surface area contributed by atoms with Gasteiger partial charge in [0.2, 0.25) is 0 Å². The zero-order valence-electron chi connectivity index (χ0n) is 33.6. The molecule has 11 aromatic rings. The molecule has 0 bridgehead atoms. The van der Waals surface area contributed by atoms with Crippen LogP contribution in [-0.4, -0.2) is 9.97 Å². The molecule has 0 saturated carbocycles. The molecule has 0 N–H and O–H groups in total. The van der Waals surface area contributed by atoms with E-state index in [1.165, 1.54) is 38.9 Å². The van der Waals surface area contributed by atoms with Gasteiger partial charge in [0.05, 0.1) is 16.6 Å². The van der Waals surface area contributed by atoms with Crippen LogP contribution in [0.15, 0.2) is 218 Å². The van der Waals surface area contributed by atoms with Gasteiger partial charge in [-0.3, -0.25) is 0 Å². The van der Waals surface area contributed by atoms with Crippen LogP contribution in [0.3, 0.4) is 0 Å². The van der Waals surface area contributed by atoms with Gasteiger partial charge in [-0.2, -0.15) is 0 Å². The van der Waals surface area contributed by atoms with Crippen LogP contribution in [0.1, 0.15) is 22.3 Å². The zero-order chi connectivity index (χ0) is 40.8. The van der Waals surface area contributed by atoms with E-state index >= 15 is 0 Å². The molecule has 0 fully saturated rings. The van der Waals surface area contributed by atoms with Gasteiger partial charge < -0.3 is 4.74 Å². The van der Waals surface area contributed by atoms with Gasteiger partial charge in [-0.15, -0.1) is 0 Å². The summed E-state index contributed by atoms with van der Waals surface area (Å²) in [5, 5.41) is 5.56. The van der Waals surface area contributed by atoms with Crippen molar-refractivity contribution >= 4 is 32.4 Å². The summed E-state index contributed by atoms with van der Waals surface area (Å²) in [7, 11) is 0. The van der Waals surface area contributed by atoms with Crippen molar-refractivity contribution in [2.24, 2.45) is 0 Å². The van der Waals surface area contributed by atoms with E-state index < -0.39 is 5.41 Å². The van der Waals surface area contributed by atoms with Crippen molar-refractivity contribution in [3.63, 3.8) is 0 Å². The van der Waals surface area contributed by atoms with Crippen LogP contribution in [-0.2, 0) is 5.41 Å². The Morgan fingerprint density at radius 1 is 0.323 bits per heavy atom. The molecule has 2 aliphatic rings. The van der Waals surface area contributed by atoms with Gasteiger partial charge in [0.25, 0.3) is 0 Å². The SMILES string of the molecule is c1ccc(-c2ccc(-c3nc(-c4ccc(-c5cccc6c5C5(c7ccccc7-6)c6ccc7ccccc7c6Oc6c5ccc5ccccc65)cc4)nc4ccccc34)cc2)cc1. The van der Waals surface area contributed by atoms with Crippen molar-refractivity contribution in [2.45, 2.75) is 5.41 Å². The van der Waals surface area contributed by atoms with E-state index in [1.54, 1.807) is 0 Å². The minimum Gasteiger partial charge on any atom is -0.455 e. The van der Waals surface area contributed by atoms with Crippen LogP contribution < -0.4 is 4.74 Å². The Balaban J connectivity index is 0.999. The van der Waals surface area contributed by atoms with Crippen molar-refractivity contribution in [3.05, 3.63) is 241 Å². The summed E-state index contributed by atoms with van der Waals surface area (Å²) in [5.74, 6) is 2.53. The van der Waals surface area contributed by atoms with Crippen LogP contribution >= 0.6 is 0 Å². The van der Waals surface area contributed by atoms with Gasteiger partial charge in [0.1, 0.15) is 11.5 Å². The number of fused-ring (bicyclic) bond motifs is 14. The summed E-state index contributed by atoms with van der Waals surface area (Å²) in [6, 6.07) is 78.5. The largest absolute Gasteiger partial charge is 0.455 e. The first-order valence-corrected chi connectivity index (χ1v) is 21.2. The fraction of sp³-hybridized carbons (Fsp3) is 0.0169. The number of benzene rings is 10. The fourth-order valence-corrected chi connectivity index (χ4v) is 10.4. The highest BCUT2D eigenvalue weighted by Crippen LogP contribution is 2.65. The van der Waals surface area contributed by atoms with Gasteiger partial charge in [-0.1, -0.05) is 212 Å². The van der Waals surface area contributed by atoms with Gasteiger partial charge in [0, 0.05) is 38.4 Å². The van der Waals surface area contributed by atoms with Crippen LogP contribution in [0.4, 0.5) is 0 Å². The molecule has 0 saturated heterocycles. The molecule has 2 heterocycles. The molecule has 0 unspecified atom stereocenters. The van der Waals surface area contributed by atoms with E-state index in [9.17, 15) is 0 Å². The van der Waals surface area contributed by atoms with Crippen LogP contribution in [0.2, 0.25) is 0 Å². The first-order chi connectivity index (χ1) is 30.7. The van der Waals surface area contributed by atoms with E-state index in [0.29, 0.717) is 5.82 Å². The molecule has 10 aromatic carbocycles. The second-order valence-corrected chi connectivity index (χ2v) is 16.4. The number of aromatic nitrogens is 2. The van der Waals surface area contributed by atoms with Crippen molar-refractivity contribution in [3.8, 4) is 67.5 Å². The molecule has 13 rings (SSSR count). The molecule has 0 amide bonds. The molecule has 0 radical (unpaired) electrons. The molecule has 3 heteroatoms. The molecule has 288 valence electrons. The summed E-state index contributed by atoms with van der Waals surface area (Å²) in [4.78, 5) is 10.4. The maximum Gasteiger partial charge on any atom is 0.160 e. The molecule has 3 nitrogen and oxygen atoms in total. The van der Waals surface area contributed by atoms with Crippen molar-refractivity contribution in [2.75, 3.05) is 0 Å². The first-order valence-electron chi connectivity index (χ1n) is 21.2. The molecular weight excluding hydrogens is 753 g/mol. The third kappa shape index (κ3) is 5.00. The topological polar surface area (TPSA) is 35.0 Å². The smallest absolute Gasteiger partial charge is 0.160 e. The summed E-state index contributed by atoms with van der Waals surface area (Å²) >= 11 is 0. The Hall–Kier alpha value is -8.14. The average Bonchev–Trinajstić information content (AvgIpc) is 3.64. The molecule has 1 aromatic heterocycles. The van der Waals surface area contributed by atoms with Gasteiger partial charge in [-0.05, 0) is 61.3 Å². The molecule has 0 atom stereocenters. The average molecular weight is 789 g/mol. The number of hydrogen-bond acceptors (Lipinski definition) is 3. The number of para-hydroxylation sites is 1. The maximum absolute atomic E-state index is 7.22. The molecular formula is C59H36N2O. The predicted molar refractivity (Wildman–Crippen MR) is 254 cm³/mol. The van der Waals surface area contributed by atoms with Gasteiger partial charge >= 0.3 is 0 Å². The summed E-state index contributed by atoms with van der Waals surface area (Å²) in [5.41, 5.74) is 15.2. The van der Waals surface area contributed by atoms with Crippen LogP contribution in [0, 0.1) is 0 Å². The minimum absolute atomic E-state index is 0.648. The van der Waals surface area contributed by atoms with Crippen molar-refractivity contribution in [1.82, 2.24) is 9.97 Å². The fourth-order valence-electron chi connectivity index (χ4n) is 10.4. The van der Waals surface area contributed by atoms with E-state index in [0.717, 1.165) is 77.5 Å². The monoisotopic (exact) mass is 788 g/mol. The third-order valence-electron chi connectivity index (χ3n) is 13.2. The first kappa shape index (κ1) is 34.7. The van der Waals surface area contributed by atoms with Gasteiger partial charge in [-0.25, -0.2) is 9.97 Å². The lowest BCUT2D eigenvalue weighted by Crippen LogP contribution is -2.33. The number of nitrogens with zero attached hydrogens (tertiary/aromatic N) is 2. The zero-order valence-corrected chi connectivity index (χ0v) is 33.6. The number of rotatable bonds is 4. The Kier molecular flexibility index (Phi) is 7.52. The highest BCUT2D eigenvalue weighted by Gasteiger charge is 2.53. The number of hydrogen-bond donors (Lipinski definition) is 0. The second-order valence-electron chi connectivity index (χ2n) is 16.4. The number of ether oxygens (including phenoxy) is 1. The Morgan fingerprint density at radius 3 is 1.58 bits per heavy atom. The molecule has 1 aliphatic heterocycles. The third-order valence-corrected chi connectivity index (χ3v) is 13.2. The highest BCUT2D eigenvalue weighted by molar-refractivity contribution is 6.02. The summed E-state index contributed by atoms with van der Waals surface area (Å²) < 4.78 is 7.22. The van der Waals surface area contributed by atoms with Gasteiger partial charge in [0.15, 0.2) is 5.82 Å². The summed E-state index contributed by atoms with van der Waals surface area (Å²) in [6.07, 6.45) is 0. The lowest BCUT2D eigenvalue weighted by Gasteiger charge is -2.41. The predicted octanol–water partition coefficient (Wildman–Crippen LogP) is 15.1. The highest BCUT2D eigenvalue weighted by atomic mass is 16.5. The lowest BCUT2D eigenvalue weighted by molar-refractivity contribution is 0.447. The molecule has 62 heavy (non-hydrogen) atoms. The Labute approximate surface area is 359 Å². The quantitative estimate of drug-likeness (QED) is 0.178. The van der Waals surface area contributed by atoms with Crippen LogP contribution in [0.25, 0.3) is 88.5 Å². The summed E-state index contributed by atoms with van der Waals surface area (Å²) in [6.45, 7) is 0. The van der Waals surface area contributed by atoms with Crippen molar-refractivity contribution in [1.29, 1.82) is 0 Å². The minimum atomic E-state index is -0.648. The second kappa shape index (κ2) is 13.4. The van der Waals surface area contributed by atoms with E-state index in [1.807, 2.05) is 12.1 Å². The Bertz CT molecular complexity index is 3510. The maximum atomic E-state index is 7.22. The standard InChI is InChI=1S/C59H36N2O/c1-2-13-37(14-3-1)38-25-29-42(30-26-38)55-49-20-9-11-24-53(49)60-58(61-55)43-31-27-41(28-32-43)44-21-12-22-48-47-19-8-10-23-50(47)59(54(44)48)51-35-33-39-15-4-6-17-45(39)56(51)62-57-46-18-7-5-16-40(46)34-36-52(57)59/h1-36H. The molecule has 1 spiro atoms. The normalized spacial score (nSPS) is 13.1. The Morgan fingerprint density at radius 2 is 0.855 bits per heavy atom. The van der Waals surface area contributed by atoms with E-state index in [-0.39, 0.29) is 0 Å².